The van der Waals surface area contributed by atoms with Gasteiger partial charge in [-0.25, -0.2) is 0 Å². The van der Waals surface area contributed by atoms with Gasteiger partial charge in [-0.15, -0.1) is 21.5 Å². The SMILES string of the molecule is CN(C)C(=O)CSc1nnc(-c2cc3c(s2)CC[C@H](C(C)(C)C)C3)n1C. The number of thiophene rings is 1. The molecule has 0 bridgehead atoms. The number of carbonyl (C=O) groups is 1. The molecule has 0 aromatic carbocycles. The van der Waals surface area contributed by atoms with Crippen LogP contribution in [0.2, 0.25) is 0 Å². The van der Waals surface area contributed by atoms with Gasteiger partial charge in [0.25, 0.3) is 0 Å². The molecule has 2 aromatic rings. The first-order chi connectivity index (χ1) is 12.2. The Morgan fingerprint density at radius 3 is 2.77 bits per heavy atom. The standard InChI is InChI=1S/C19H28N4OS2/c1-19(2,3)13-7-8-14-12(9-13)10-15(26-14)17-20-21-18(23(17)6)25-11-16(24)22(4)5/h10,13H,7-9,11H2,1-6H3/t13-/m0/s1. The summed E-state index contributed by atoms with van der Waals surface area (Å²) < 4.78 is 2.01. The predicted octanol–water partition coefficient (Wildman–Crippen LogP) is 3.87. The molecule has 5 nitrogen and oxygen atoms in total. The van der Waals surface area contributed by atoms with E-state index in [1.807, 2.05) is 23.0 Å². The molecule has 0 radical (unpaired) electrons. The minimum atomic E-state index is 0.0827. The smallest absolute Gasteiger partial charge is 0.232 e. The van der Waals surface area contributed by atoms with Crippen molar-refractivity contribution in [3.8, 4) is 10.7 Å². The molecule has 1 aliphatic carbocycles. The Bertz CT molecular complexity index is 801. The molecule has 0 unspecified atom stereocenters. The Balaban J connectivity index is 1.77. The third kappa shape index (κ3) is 3.98. The number of nitrogens with zero attached hydrogens (tertiary/aromatic N) is 4. The van der Waals surface area contributed by atoms with Crippen LogP contribution in [-0.4, -0.2) is 45.4 Å². The fourth-order valence-corrected chi connectivity index (χ4v) is 5.40. The van der Waals surface area contributed by atoms with E-state index >= 15 is 0 Å². The van der Waals surface area contributed by atoms with E-state index in [9.17, 15) is 4.79 Å². The molecule has 2 heterocycles. The highest BCUT2D eigenvalue weighted by Crippen LogP contribution is 2.42. The number of carbonyl (C=O) groups excluding carboxylic acids is 1. The summed E-state index contributed by atoms with van der Waals surface area (Å²) in [6.45, 7) is 7.03. The van der Waals surface area contributed by atoms with Gasteiger partial charge in [-0.05, 0) is 42.2 Å². The third-order valence-electron chi connectivity index (χ3n) is 5.19. The average Bonchev–Trinajstić information content (AvgIpc) is 3.13. The van der Waals surface area contributed by atoms with Crippen LogP contribution in [0.25, 0.3) is 10.7 Å². The zero-order valence-electron chi connectivity index (χ0n) is 16.5. The lowest BCUT2D eigenvalue weighted by molar-refractivity contribution is -0.125. The molecule has 26 heavy (non-hydrogen) atoms. The van der Waals surface area contributed by atoms with Crippen LogP contribution >= 0.6 is 23.1 Å². The minimum Gasteiger partial charge on any atom is -0.348 e. The van der Waals surface area contributed by atoms with Gasteiger partial charge in [0.1, 0.15) is 0 Å². The van der Waals surface area contributed by atoms with E-state index in [1.54, 1.807) is 19.0 Å². The molecule has 1 atom stereocenters. The van der Waals surface area contributed by atoms with Crippen molar-refractivity contribution in [1.29, 1.82) is 0 Å². The second-order valence-corrected chi connectivity index (χ2v) is 10.4. The normalized spacial score (nSPS) is 17.2. The molecule has 0 N–H and O–H groups in total. The van der Waals surface area contributed by atoms with E-state index in [4.69, 9.17) is 0 Å². The van der Waals surface area contributed by atoms with Crippen molar-refractivity contribution in [2.45, 2.75) is 45.2 Å². The van der Waals surface area contributed by atoms with Crippen molar-refractivity contribution in [2.24, 2.45) is 18.4 Å². The van der Waals surface area contributed by atoms with E-state index in [1.165, 1.54) is 39.9 Å². The quantitative estimate of drug-likeness (QED) is 0.741. The molecule has 142 valence electrons. The highest BCUT2D eigenvalue weighted by atomic mass is 32.2. The van der Waals surface area contributed by atoms with Crippen molar-refractivity contribution in [2.75, 3.05) is 19.8 Å². The van der Waals surface area contributed by atoms with Gasteiger partial charge in [0.05, 0.1) is 10.6 Å². The van der Waals surface area contributed by atoms with Crippen LogP contribution in [0.3, 0.4) is 0 Å². The van der Waals surface area contributed by atoms with Gasteiger partial charge in [-0.2, -0.15) is 0 Å². The second kappa shape index (κ2) is 7.35. The van der Waals surface area contributed by atoms with E-state index in [2.05, 4.69) is 37.0 Å². The molecule has 1 aliphatic rings. The molecular formula is C19H28N4OS2. The van der Waals surface area contributed by atoms with Crippen molar-refractivity contribution in [3.63, 3.8) is 0 Å². The molecular weight excluding hydrogens is 364 g/mol. The monoisotopic (exact) mass is 392 g/mol. The number of amides is 1. The first kappa shape index (κ1) is 19.4. The Hall–Kier alpha value is -1.34. The maximum absolute atomic E-state index is 11.8. The highest BCUT2D eigenvalue weighted by Gasteiger charge is 2.30. The molecule has 3 rings (SSSR count). The van der Waals surface area contributed by atoms with Crippen LogP contribution in [0.15, 0.2) is 11.2 Å². The van der Waals surface area contributed by atoms with Crippen LogP contribution in [0.4, 0.5) is 0 Å². The summed E-state index contributed by atoms with van der Waals surface area (Å²) >= 11 is 3.29. The van der Waals surface area contributed by atoms with E-state index in [0.29, 0.717) is 11.2 Å². The number of rotatable bonds is 4. The molecule has 7 heteroatoms. The van der Waals surface area contributed by atoms with Crippen LogP contribution in [-0.2, 0) is 24.7 Å². The number of aryl methyl sites for hydroxylation is 1. The maximum atomic E-state index is 11.8. The first-order valence-corrected chi connectivity index (χ1v) is 10.8. The molecule has 1 amide bonds. The highest BCUT2D eigenvalue weighted by molar-refractivity contribution is 7.99. The number of hydrogen-bond acceptors (Lipinski definition) is 5. The number of thioether (sulfide) groups is 1. The van der Waals surface area contributed by atoms with Crippen molar-refractivity contribution < 1.29 is 4.79 Å². The Morgan fingerprint density at radius 2 is 2.12 bits per heavy atom. The van der Waals surface area contributed by atoms with Gasteiger partial charge in [0.15, 0.2) is 11.0 Å². The van der Waals surface area contributed by atoms with Crippen molar-refractivity contribution in [3.05, 3.63) is 16.5 Å². The largest absolute Gasteiger partial charge is 0.348 e. The van der Waals surface area contributed by atoms with Crippen LogP contribution in [0.5, 0.6) is 0 Å². The Kier molecular flexibility index (Phi) is 5.49. The second-order valence-electron chi connectivity index (χ2n) is 8.31. The Labute approximate surface area is 164 Å². The van der Waals surface area contributed by atoms with Crippen LogP contribution < -0.4 is 0 Å². The van der Waals surface area contributed by atoms with Gasteiger partial charge in [0, 0.05) is 26.0 Å². The van der Waals surface area contributed by atoms with Crippen LogP contribution in [0.1, 0.15) is 37.6 Å². The fourth-order valence-electron chi connectivity index (χ4n) is 3.28. The van der Waals surface area contributed by atoms with Gasteiger partial charge in [-0.1, -0.05) is 32.5 Å². The zero-order valence-corrected chi connectivity index (χ0v) is 18.1. The van der Waals surface area contributed by atoms with E-state index in [-0.39, 0.29) is 5.91 Å². The number of hydrogen-bond donors (Lipinski definition) is 0. The lowest BCUT2D eigenvalue weighted by Gasteiger charge is -2.33. The molecule has 0 saturated carbocycles. The van der Waals surface area contributed by atoms with Gasteiger partial charge in [-0.3, -0.25) is 4.79 Å². The van der Waals surface area contributed by atoms with Gasteiger partial charge in [0.2, 0.25) is 5.91 Å². The summed E-state index contributed by atoms with van der Waals surface area (Å²) in [6, 6.07) is 2.31. The lowest BCUT2D eigenvalue weighted by Crippen LogP contribution is -2.26. The van der Waals surface area contributed by atoms with Crippen LogP contribution in [0, 0.1) is 11.3 Å². The van der Waals surface area contributed by atoms with Crippen molar-refractivity contribution >= 4 is 29.0 Å². The van der Waals surface area contributed by atoms with Gasteiger partial charge >= 0.3 is 0 Å². The predicted molar refractivity (Wildman–Crippen MR) is 109 cm³/mol. The maximum Gasteiger partial charge on any atom is 0.232 e. The lowest BCUT2D eigenvalue weighted by atomic mass is 9.72. The summed E-state index contributed by atoms with van der Waals surface area (Å²) in [7, 11) is 5.52. The fraction of sp³-hybridized carbons (Fsp3) is 0.632. The molecule has 0 fully saturated rings. The first-order valence-electron chi connectivity index (χ1n) is 9.01. The molecule has 0 spiro atoms. The topological polar surface area (TPSA) is 51.0 Å². The van der Waals surface area contributed by atoms with E-state index < -0.39 is 0 Å². The summed E-state index contributed by atoms with van der Waals surface area (Å²) in [4.78, 5) is 16.1. The molecule has 2 aromatic heterocycles. The summed E-state index contributed by atoms with van der Waals surface area (Å²) in [5, 5.41) is 9.48. The minimum absolute atomic E-state index is 0.0827. The zero-order chi connectivity index (χ0) is 19.1. The number of aromatic nitrogens is 3. The average molecular weight is 393 g/mol. The summed E-state index contributed by atoms with van der Waals surface area (Å²) in [5.41, 5.74) is 1.84. The molecule has 0 aliphatic heterocycles. The molecule has 0 saturated heterocycles. The Morgan fingerprint density at radius 1 is 1.38 bits per heavy atom. The summed E-state index contributed by atoms with van der Waals surface area (Å²) in [6.07, 6.45) is 3.59. The summed E-state index contributed by atoms with van der Waals surface area (Å²) in [5.74, 6) is 2.10. The third-order valence-corrected chi connectivity index (χ3v) is 7.42. The number of fused-ring (bicyclic) bond motifs is 1. The van der Waals surface area contributed by atoms with E-state index in [0.717, 1.165) is 23.3 Å². The van der Waals surface area contributed by atoms with Crippen molar-refractivity contribution in [1.82, 2.24) is 19.7 Å². The van der Waals surface area contributed by atoms with Gasteiger partial charge < -0.3 is 9.47 Å².